The van der Waals surface area contributed by atoms with E-state index in [0.717, 1.165) is 5.56 Å². The van der Waals surface area contributed by atoms with Gasteiger partial charge in [-0.25, -0.2) is 0 Å². The van der Waals surface area contributed by atoms with Gasteiger partial charge in [-0.2, -0.15) is 0 Å². The van der Waals surface area contributed by atoms with E-state index in [2.05, 4.69) is 10.6 Å². The number of hydrogen-bond donors (Lipinski definition) is 2. The zero-order valence-electron chi connectivity index (χ0n) is 14.8. The van der Waals surface area contributed by atoms with Gasteiger partial charge in [0.25, 0.3) is 11.8 Å². The molecule has 0 bridgehead atoms. The molecule has 3 rings (SSSR count). The van der Waals surface area contributed by atoms with Crippen molar-refractivity contribution in [3.8, 4) is 0 Å². The molecule has 0 aliphatic carbocycles. The largest absolute Gasteiger partial charge is 0.347 e. The second-order valence-electron chi connectivity index (χ2n) is 6.50. The molecule has 0 spiro atoms. The molecular weight excluding hydrogens is 330 g/mol. The van der Waals surface area contributed by atoms with Crippen molar-refractivity contribution in [1.29, 1.82) is 0 Å². The first-order valence-electron chi connectivity index (χ1n) is 8.46. The number of rotatable bonds is 4. The summed E-state index contributed by atoms with van der Waals surface area (Å²) in [4.78, 5) is 38.0. The molecule has 1 aliphatic heterocycles. The third-order valence-corrected chi connectivity index (χ3v) is 4.46. The predicted octanol–water partition coefficient (Wildman–Crippen LogP) is 2.21. The molecule has 1 saturated heterocycles. The molecule has 1 aliphatic rings. The molecule has 1 atom stereocenters. The van der Waals surface area contributed by atoms with E-state index in [1.54, 1.807) is 54.4 Å². The second-order valence-corrected chi connectivity index (χ2v) is 6.50. The summed E-state index contributed by atoms with van der Waals surface area (Å²) >= 11 is 0. The van der Waals surface area contributed by atoms with Crippen molar-refractivity contribution in [2.24, 2.45) is 0 Å². The molecule has 1 fully saturated rings. The van der Waals surface area contributed by atoms with Gasteiger partial charge in [0.15, 0.2) is 0 Å². The molecule has 3 amide bonds. The highest BCUT2D eigenvalue weighted by Crippen LogP contribution is 2.19. The Labute approximate surface area is 152 Å². The maximum atomic E-state index is 12.5. The number of aryl methyl sites for hydroxylation is 1. The van der Waals surface area contributed by atoms with Gasteiger partial charge in [0.1, 0.15) is 0 Å². The van der Waals surface area contributed by atoms with Crippen molar-refractivity contribution >= 4 is 23.4 Å². The second kappa shape index (κ2) is 7.39. The lowest BCUT2D eigenvalue weighted by atomic mass is 10.1. The van der Waals surface area contributed by atoms with E-state index in [1.165, 1.54) is 0 Å². The van der Waals surface area contributed by atoms with Gasteiger partial charge in [-0.05, 0) is 36.8 Å². The molecule has 134 valence electrons. The highest BCUT2D eigenvalue weighted by Gasteiger charge is 2.28. The van der Waals surface area contributed by atoms with Gasteiger partial charge in [0.05, 0.1) is 6.04 Å². The first-order chi connectivity index (χ1) is 12.4. The fourth-order valence-electron chi connectivity index (χ4n) is 2.91. The summed E-state index contributed by atoms with van der Waals surface area (Å²) in [6.45, 7) is 2.38. The van der Waals surface area contributed by atoms with Crippen LogP contribution in [0.3, 0.4) is 0 Å². The average Bonchev–Trinajstić information content (AvgIpc) is 2.94. The highest BCUT2D eigenvalue weighted by molar-refractivity contribution is 6.05. The third kappa shape index (κ3) is 3.91. The first kappa shape index (κ1) is 17.7. The third-order valence-electron chi connectivity index (χ3n) is 4.46. The van der Waals surface area contributed by atoms with Gasteiger partial charge in [0.2, 0.25) is 5.91 Å². The van der Waals surface area contributed by atoms with Crippen molar-refractivity contribution in [3.05, 3.63) is 65.2 Å². The number of benzene rings is 2. The van der Waals surface area contributed by atoms with Crippen molar-refractivity contribution < 1.29 is 14.4 Å². The van der Waals surface area contributed by atoms with Gasteiger partial charge in [-0.1, -0.05) is 24.3 Å². The molecule has 2 N–H and O–H groups in total. The fraction of sp³-hybridized carbons (Fsp3) is 0.250. The zero-order valence-corrected chi connectivity index (χ0v) is 14.8. The number of anilines is 1. The summed E-state index contributed by atoms with van der Waals surface area (Å²) in [5.41, 5.74) is 2.45. The van der Waals surface area contributed by atoms with Gasteiger partial charge in [0, 0.05) is 36.8 Å². The molecule has 1 unspecified atom stereocenters. The Balaban J connectivity index is 1.72. The van der Waals surface area contributed by atoms with Crippen LogP contribution in [0.2, 0.25) is 0 Å². The molecule has 6 nitrogen and oxygen atoms in total. The van der Waals surface area contributed by atoms with Crippen molar-refractivity contribution in [3.63, 3.8) is 0 Å². The Bertz CT molecular complexity index is 849. The number of likely N-dealkylation sites (tertiary alicyclic amines) is 1. The molecule has 2 aromatic carbocycles. The van der Waals surface area contributed by atoms with Crippen molar-refractivity contribution in [1.82, 2.24) is 10.2 Å². The van der Waals surface area contributed by atoms with Crippen LogP contribution in [0, 0.1) is 6.92 Å². The smallest absolute Gasteiger partial charge is 0.255 e. The van der Waals surface area contributed by atoms with Crippen LogP contribution >= 0.6 is 0 Å². The molecule has 2 aromatic rings. The van der Waals surface area contributed by atoms with Crippen LogP contribution in [0.25, 0.3) is 0 Å². The Hall–Kier alpha value is -3.15. The number of amides is 3. The predicted molar refractivity (Wildman–Crippen MR) is 99.1 cm³/mol. The van der Waals surface area contributed by atoms with Gasteiger partial charge < -0.3 is 15.5 Å². The Morgan fingerprint density at radius 2 is 1.77 bits per heavy atom. The lowest BCUT2D eigenvalue weighted by Gasteiger charge is -2.14. The topological polar surface area (TPSA) is 78.5 Å². The number of likely N-dealkylation sites (N-methyl/N-ethyl adjacent to an activating group) is 1. The molecule has 1 heterocycles. The molecule has 6 heteroatoms. The van der Waals surface area contributed by atoms with Gasteiger partial charge in [-0.3, -0.25) is 14.4 Å². The maximum Gasteiger partial charge on any atom is 0.255 e. The van der Waals surface area contributed by atoms with Crippen molar-refractivity contribution in [2.45, 2.75) is 19.4 Å². The van der Waals surface area contributed by atoms with Gasteiger partial charge in [-0.15, -0.1) is 0 Å². The zero-order chi connectivity index (χ0) is 18.7. The summed E-state index contributed by atoms with van der Waals surface area (Å²) in [5.74, 6) is -0.461. The normalized spacial score (nSPS) is 16.5. The maximum absolute atomic E-state index is 12.5. The summed E-state index contributed by atoms with van der Waals surface area (Å²) in [7, 11) is 1.72. The van der Waals surface area contributed by atoms with E-state index in [4.69, 9.17) is 0 Å². The van der Waals surface area contributed by atoms with Crippen LogP contribution in [0.5, 0.6) is 0 Å². The van der Waals surface area contributed by atoms with E-state index in [1.807, 2.05) is 13.0 Å². The number of hydrogen-bond acceptors (Lipinski definition) is 3. The van der Waals surface area contributed by atoms with Crippen LogP contribution in [0.4, 0.5) is 5.69 Å². The minimum absolute atomic E-state index is 0.0232. The van der Waals surface area contributed by atoms with E-state index in [-0.39, 0.29) is 23.8 Å². The summed E-state index contributed by atoms with van der Waals surface area (Å²) < 4.78 is 0. The Morgan fingerprint density at radius 1 is 1.04 bits per heavy atom. The monoisotopic (exact) mass is 351 g/mol. The number of carbonyl (C=O) groups is 3. The van der Waals surface area contributed by atoms with Crippen LogP contribution in [0.1, 0.15) is 32.7 Å². The Kier molecular flexibility index (Phi) is 5.02. The molecule has 0 radical (unpaired) electrons. The Morgan fingerprint density at radius 3 is 2.42 bits per heavy atom. The van der Waals surface area contributed by atoms with E-state index < -0.39 is 0 Å². The number of nitrogens with one attached hydrogen (secondary N) is 2. The summed E-state index contributed by atoms with van der Waals surface area (Å²) in [6, 6.07) is 13.9. The lowest BCUT2D eigenvalue weighted by Crippen LogP contribution is -2.36. The SMILES string of the molecule is Cc1ccc(C(=O)NC2CC(=O)N(C)C2)cc1NC(=O)c1ccccc1. The quantitative estimate of drug-likeness (QED) is 0.886. The minimum Gasteiger partial charge on any atom is -0.347 e. The van der Waals surface area contributed by atoms with E-state index in [0.29, 0.717) is 29.8 Å². The van der Waals surface area contributed by atoms with Crippen LogP contribution in [-0.4, -0.2) is 42.3 Å². The van der Waals surface area contributed by atoms with Gasteiger partial charge >= 0.3 is 0 Å². The van der Waals surface area contributed by atoms with E-state index in [9.17, 15) is 14.4 Å². The lowest BCUT2D eigenvalue weighted by molar-refractivity contribution is -0.126. The summed E-state index contributed by atoms with van der Waals surface area (Å²) in [5, 5.41) is 5.72. The minimum atomic E-state index is -0.256. The number of carbonyl (C=O) groups excluding carboxylic acids is 3. The van der Waals surface area contributed by atoms with E-state index >= 15 is 0 Å². The molecular formula is C20H21N3O3. The highest BCUT2D eigenvalue weighted by atomic mass is 16.2. The fourth-order valence-corrected chi connectivity index (χ4v) is 2.91. The average molecular weight is 351 g/mol. The summed E-state index contributed by atoms with van der Waals surface area (Å²) in [6.07, 6.45) is 0.311. The molecule has 26 heavy (non-hydrogen) atoms. The molecule has 0 aromatic heterocycles. The molecule has 0 saturated carbocycles. The van der Waals surface area contributed by atoms with Crippen molar-refractivity contribution in [2.75, 3.05) is 18.9 Å². The number of nitrogens with zero attached hydrogens (tertiary/aromatic N) is 1. The van der Waals surface area contributed by atoms with Crippen LogP contribution < -0.4 is 10.6 Å². The first-order valence-corrected chi connectivity index (χ1v) is 8.46. The standard InChI is InChI=1S/C20H21N3O3/c1-13-8-9-15(20(26)21-16-11-18(24)23(2)12-16)10-17(13)22-19(25)14-6-4-3-5-7-14/h3-10,16H,11-12H2,1-2H3,(H,21,26)(H,22,25). The van der Waals surface area contributed by atoms with Crippen LogP contribution in [0.15, 0.2) is 48.5 Å². The van der Waals surface area contributed by atoms with Crippen LogP contribution in [-0.2, 0) is 4.79 Å².